The molecular weight excluding hydrogens is 301 g/mol. The van der Waals surface area contributed by atoms with Gasteiger partial charge in [0.1, 0.15) is 29.7 Å². The van der Waals surface area contributed by atoms with E-state index in [4.69, 9.17) is 14.7 Å². The van der Waals surface area contributed by atoms with Crippen LogP contribution in [0, 0.1) is 17.1 Å². The second kappa shape index (κ2) is 6.46. The summed E-state index contributed by atoms with van der Waals surface area (Å²) >= 11 is 0. The lowest BCUT2D eigenvalue weighted by Crippen LogP contribution is -2.22. The van der Waals surface area contributed by atoms with E-state index in [1.54, 1.807) is 10.6 Å². The van der Waals surface area contributed by atoms with Gasteiger partial charge in [0.25, 0.3) is 6.01 Å². The van der Waals surface area contributed by atoms with Gasteiger partial charge in [0, 0.05) is 14.7 Å². The second-order valence-electron chi connectivity index (χ2n) is 6.28. The third-order valence-corrected chi connectivity index (χ3v) is 5.05. The van der Waals surface area contributed by atoms with Crippen LogP contribution in [0.1, 0.15) is 5.56 Å². The van der Waals surface area contributed by atoms with Crippen molar-refractivity contribution in [1.29, 1.82) is 5.26 Å². The molecule has 0 aliphatic rings. The van der Waals surface area contributed by atoms with Crippen molar-refractivity contribution in [2.24, 2.45) is 0 Å². The molecule has 5 nitrogen and oxygen atoms in total. The van der Waals surface area contributed by atoms with E-state index in [9.17, 15) is 4.39 Å². The third kappa shape index (κ3) is 3.46. The molecule has 1 heterocycles. The predicted molar refractivity (Wildman–Crippen MR) is 85.1 cm³/mol. The summed E-state index contributed by atoms with van der Waals surface area (Å²) in [5.74, 6) is -0.582. The minimum Gasteiger partial charge on any atom is -0.468 e. The van der Waals surface area contributed by atoms with Crippen molar-refractivity contribution < 1.29 is 13.9 Å². The highest BCUT2D eigenvalue weighted by atomic mass is 28.3. The number of halogens is 1. The zero-order valence-electron chi connectivity index (χ0n) is 13.3. The molecule has 0 amide bonds. The Hall–Kier alpha value is -1.91. The van der Waals surface area contributed by atoms with Crippen molar-refractivity contribution in [3.05, 3.63) is 23.5 Å². The van der Waals surface area contributed by atoms with Gasteiger partial charge >= 0.3 is 0 Å². The fourth-order valence-corrected chi connectivity index (χ4v) is 2.82. The third-order valence-electron chi connectivity index (χ3n) is 3.35. The molecule has 1 aromatic heterocycles. The number of hydrogen-bond donors (Lipinski definition) is 0. The molecule has 22 heavy (non-hydrogen) atoms. The normalized spacial score (nSPS) is 11.6. The number of benzene rings is 1. The molecule has 0 bridgehead atoms. The average molecular weight is 321 g/mol. The monoisotopic (exact) mass is 321 g/mol. The SMILES string of the molecule is COc1nc2c(C#N)c(F)ccc2n1COCC[Si](C)(C)C. The summed E-state index contributed by atoms with van der Waals surface area (Å²) in [6.45, 7) is 7.77. The molecule has 0 fully saturated rings. The van der Waals surface area contributed by atoms with Gasteiger partial charge in [0.05, 0.1) is 12.6 Å². The first kappa shape index (κ1) is 16.5. The Bertz CT molecular complexity index is 716. The van der Waals surface area contributed by atoms with E-state index in [1.807, 2.05) is 6.07 Å². The van der Waals surface area contributed by atoms with Crippen LogP contribution in [0.5, 0.6) is 6.01 Å². The maximum Gasteiger partial charge on any atom is 0.299 e. The molecule has 0 unspecified atom stereocenters. The molecule has 0 saturated heterocycles. The van der Waals surface area contributed by atoms with E-state index in [2.05, 4.69) is 24.6 Å². The van der Waals surface area contributed by atoms with Crippen LogP contribution in [0.25, 0.3) is 11.0 Å². The minimum atomic E-state index is -1.15. The van der Waals surface area contributed by atoms with Gasteiger partial charge in [-0.3, -0.25) is 4.57 Å². The Labute approximate surface area is 130 Å². The highest BCUT2D eigenvalue weighted by Crippen LogP contribution is 2.26. The van der Waals surface area contributed by atoms with Crippen LogP contribution < -0.4 is 4.74 Å². The van der Waals surface area contributed by atoms with E-state index in [-0.39, 0.29) is 12.3 Å². The number of hydrogen-bond acceptors (Lipinski definition) is 4. The zero-order valence-corrected chi connectivity index (χ0v) is 14.3. The Morgan fingerprint density at radius 3 is 2.68 bits per heavy atom. The Morgan fingerprint density at radius 1 is 1.36 bits per heavy atom. The van der Waals surface area contributed by atoms with Crippen molar-refractivity contribution in [3.63, 3.8) is 0 Å². The van der Waals surface area contributed by atoms with Gasteiger partial charge < -0.3 is 9.47 Å². The second-order valence-corrected chi connectivity index (χ2v) is 11.9. The van der Waals surface area contributed by atoms with Gasteiger partial charge in [-0.15, -0.1) is 0 Å². The number of aromatic nitrogens is 2. The van der Waals surface area contributed by atoms with Gasteiger partial charge in [-0.2, -0.15) is 10.2 Å². The summed E-state index contributed by atoms with van der Waals surface area (Å²) in [6.07, 6.45) is 0. The summed E-state index contributed by atoms with van der Waals surface area (Å²) in [5.41, 5.74) is 0.854. The summed E-state index contributed by atoms with van der Waals surface area (Å²) in [5, 5.41) is 9.09. The smallest absolute Gasteiger partial charge is 0.299 e. The van der Waals surface area contributed by atoms with E-state index in [0.717, 1.165) is 6.04 Å². The van der Waals surface area contributed by atoms with E-state index in [0.29, 0.717) is 23.7 Å². The van der Waals surface area contributed by atoms with Crippen molar-refractivity contribution in [2.45, 2.75) is 32.4 Å². The number of nitrogens with zero attached hydrogens (tertiary/aromatic N) is 3. The standard InChI is InChI=1S/C15H20FN3O2Si/c1-20-15-18-14-11(9-17)12(16)5-6-13(14)19(15)10-21-7-8-22(2,3)4/h5-6H,7-8,10H2,1-4H3. The average Bonchev–Trinajstić information content (AvgIpc) is 2.80. The molecule has 2 aromatic rings. The first-order valence-corrected chi connectivity index (χ1v) is 10.8. The maximum atomic E-state index is 13.7. The Morgan fingerprint density at radius 2 is 2.09 bits per heavy atom. The molecule has 0 atom stereocenters. The molecule has 0 aliphatic heterocycles. The molecule has 2 rings (SSSR count). The highest BCUT2D eigenvalue weighted by molar-refractivity contribution is 6.76. The number of imidazole rings is 1. The minimum absolute atomic E-state index is 0.0725. The highest BCUT2D eigenvalue weighted by Gasteiger charge is 2.18. The fraction of sp³-hybridized carbons (Fsp3) is 0.467. The quantitative estimate of drug-likeness (QED) is 0.604. The van der Waals surface area contributed by atoms with E-state index < -0.39 is 13.9 Å². The van der Waals surface area contributed by atoms with Crippen LogP contribution in [-0.4, -0.2) is 31.3 Å². The lowest BCUT2D eigenvalue weighted by atomic mass is 10.2. The summed E-state index contributed by atoms with van der Waals surface area (Å²) in [4.78, 5) is 4.20. The van der Waals surface area contributed by atoms with Crippen LogP contribution in [0.2, 0.25) is 25.7 Å². The number of fused-ring (bicyclic) bond motifs is 1. The Balaban J connectivity index is 2.27. The molecule has 0 aliphatic carbocycles. The fourth-order valence-electron chi connectivity index (χ4n) is 2.07. The molecule has 0 saturated carbocycles. The molecule has 118 valence electrons. The van der Waals surface area contributed by atoms with Crippen LogP contribution in [0.4, 0.5) is 4.39 Å². The first-order valence-electron chi connectivity index (χ1n) is 7.08. The van der Waals surface area contributed by atoms with Gasteiger partial charge in [-0.05, 0) is 18.2 Å². The van der Waals surface area contributed by atoms with Crippen LogP contribution >= 0.6 is 0 Å². The van der Waals surface area contributed by atoms with Crippen molar-refractivity contribution in [1.82, 2.24) is 9.55 Å². The Kier molecular flexibility index (Phi) is 4.83. The van der Waals surface area contributed by atoms with Crippen LogP contribution in [0.15, 0.2) is 12.1 Å². The largest absolute Gasteiger partial charge is 0.468 e. The summed E-state index contributed by atoms with van der Waals surface area (Å²) in [7, 11) is 0.337. The zero-order chi connectivity index (χ0) is 16.3. The van der Waals surface area contributed by atoms with Gasteiger partial charge in [-0.25, -0.2) is 4.39 Å². The van der Waals surface area contributed by atoms with E-state index in [1.165, 1.54) is 13.2 Å². The summed E-state index contributed by atoms with van der Waals surface area (Å²) < 4.78 is 26.3. The van der Waals surface area contributed by atoms with Crippen molar-refractivity contribution in [3.8, 4) is 12.1 Å². The van der Waals surface area contributed by atoms with Gasteiger partial charge in [0.15, 0.2) is 0 Å². The molecule has 7 heteroatoms. The lowest BCUT2D eigenvalue weighted by Gasteiger charge is -2.16. The van der Waals surface area contributed by atoms with Crippen LogP contribution in [-0.2, 0) is 11.5 Å². The molecule has 0 N–H and O–H groups in total. The van der Waals surface area contributed by atoms with Crippen LogP contribution in [0.3, 0.4) is 0 Å². The van der Waals surface area contributed by atoms with Crippen molar-refractivity contribution >= 4 is 19.1 Å². The molecule has 0 radical (unpaired) electrons. The molecule has 0 spiro atoms. The number of methoxy groups -OCH3 is 1. The number of nitriles is 1. The van der Waals surface area contributed by atoms with E-state index >= 15 is 0 Å². The first-order chi connectivity index (χ1) is 10.4. The lowest BCUT2D eigenvalue weighted by molar-refractivity contribution is 0.0837. The topological polar surface area (TPSA) is 60.1 Å². The number of ether oxygens (including phenoxy) is 2. The van der Waals surface area contributed by atoms with Gasteiger partial charge in [-0.1, -0.05) is 19.6 Å². The van der Waals surface area contributed by atoms with Crippen molar-refractivity contribution in [2.75, 3.05) is 13.7 Å². The molecule has 1 aromatic carbocycles. The summed E-state index contributed by atoms with van der Waals surface area (Å²) in [6, 6.07) is 6.06. The van der Waals surface area contributed by atoms with Gasteiger partial charge in [0.2, 0.25) is 0 Å². The molecular formula is C15H20FN3O2Si. The predicted octanol–water partition coefficient (Wildman–Crippen LogP) is 3.37. The maximum absolute atomic E-state index is 13.7. The number of rotatable bonds is 6.